The molecule has 0 N–H and O–H groups in total. The number of benzene rings is 16. The largest absolute Gasteiger partial charge is 0.309 e. The number of nitrogens with zero attached hydrogens (tertiary/aromatic N) is 8. The molecule has 0 amide bonds. The van der Waals surface area contributed by atoms with Crippen molar-refractivity contribution in [1.82, 2.24) is 38.2 Å². The fraction of sp³-hybridized carbons (Fsp3) is 0. The Morgan fingerprint density at radius 2 is 0.454 bits per heavy atom. The highest BCUT2D eigenvalue weighted by Crippen LogP contribution is 2.44. The van der Waals surface area contributed by atoms with Crippen molar-refractivity contribution < 1.29 is 0 Å². The van der Waals surface area contributed by atoms with Crippen LogP contribution in [0.2, 0.25) is 0 Å². The summed E-state index contributed by atoms with van der Waals surface area (Å²) < 4.78 is 9.55. The summed E-state index contributed by atoms with van der Waals surface area (Å²) in [5, 5.41) is 11.6. The van der Waals surface area contributed by atoms with Gasteiger partial charge in [0.25, 0.3) is 0 Å². The zero-order valence-corrected chi connectivity index (χ0v) is 58.4. The number of hydrogen-bond acceptors (Lipinski definition) is 4. The Hall–Kier alpha value is -14.6. The van der Waals surface area contributed by atoms with Gasteiger partial charge in [-0.2, -0.15) is 0 Å². The lowest BCUT2D eigenvalue weighted by molar-refractivity contribution is 1.17. The molecule has 22 aromatic rings. The first-order valence-corrected chi connectivity index (χ1v) is 36.7. The molecule has 108 heavy (non-hydrogen) atoms. The maximum absolute atomic E-state index is 5.44. The first-order valence-electron chi connectivity index (χ1n) is 36.7. The molecule has 502 valence electrons. The van der Waals surface area contributed by atoms with Gasteiger partial charge in [0.15, 0.2) is 11.6 Å². The summed E-state index contributed by atoms with van der Waals surface area (Å²) in [6, 6.07) is 136. The van der Waals surface area contributed by atoms with Gasteiger partial charge in [-0.15, -0.1) is 0 Å². The van der Waals surface area contributed by atoms with Crippen molar-refractivity contribution in [3.05, 3.63) is 376 Å². The molecule has 0 atom stereocenters. The average Bonchev–Trinajstić information content (AvgIpc) is 1.57. The highest BCUT2D eigenvalue weighted by Gasteiger charge is 2.22. The van der Waals surface area contributed by atoms with Gasteiger partial charge in [-0.3, -0.25) is 0 Å². The first-order chi connectivity index (χ1) is 53.5. The maximum Gasteiger partial charge on any atom is 0.160 e. The van der Waals surface area contributed by atoms with Crippen LogP contribution in [0.15, 0.2) is 376 Å². The van der Waals surface area contributed by atoms with Crippen molar-refractivity contribution in [3.63, 3.8) is 0 Å². The van der Waals surface area contributed by atoms with E-state index in [1.807, 2.05) is 12.1 Å². The number of aromatic nitrogens is 8. The second-order valence-electron chi connectivity index (χ2n) is 28.1. The van der Waals surface area contributed by atoms with Crippen LogP contribution in [0, 0.1) is 0 Å². The minimum atomic E-state index is 0.667. The minimum absolute atomic E-state index is 0.667. The van der Waals surface area contributed by atoms with Crippen LogP contribution in [-0.2, 0) is 0 Å². The lowest BCUT2D eigenvalue weighted by Crippen LogP contribution is -1.98. The van der Waals surface area contributed by atoms with Gasteiger partial charge >= 0.3 is 0 Å². The summed E-state index contributed by atoms with van der Waals surface area (Å²) in [4.78, 5) is 21.2. The topological polar surface area (TPSA) is 71.3 Å². The van der Waals surface area contributed by atoms with E-state index in [-0.39, 0.29) is 0 Å². The Bertz CT molecular complexity index is 7390. The van der Waals surface area contributed by atoms with Crippen LogP contribution in [0.4, 0.5) is 0 Å². The van der Waals surface area contributed by atoms with Crippen LogP contribution >= 0.6 is 0 Å². The van der Waals surface area contributed by atoms with E-state index < -0.39 is 0 Å². The summed E-state index contributed by atoms with van der Waals surface area (Å²) in [6.45, 7) is 0. The van der Waals surface area contributed by atoms with Crippen LogP contribution in [0.3, 0.4) is 0 Å². The van der Waals surface area contributed by atoms with Crippen LogP contribution in [0.25, 0.3) is 210 Å². The predicted octanol–water partition coefficient (Wildman–Crippen LogP) is 25.6. The Morgan fingerprint density at radius 1 is 0.148 bits per heavy atom. The molecule has 0 aliphatic rings. The van der Waals surface area contributed by atoms with Gasteiger partial charge in [0.05, 0.1) is 66.6 Å². The Kier molecular flexibility index (Phi) is 13.8. The van der Waals surface area contributed by atoms with E-state index in [1.54, 1.807) is 0 Å². The highest BCUT2D eigenvalue weighted by molar-refractivity contribution is 6.15. The van der Waals surface area contributed by atoms with Gasteiger partial charge in [-0.05, 0) is 179 Å². The van der Waals surface area contributed by atoms with Crippen molar-refractivity contribution in [2.24, 2.45) is 0 Å². The van der Waals surface area contributed by atoms with Gasteiger partial charge in [-0.1, -0.05) is 231 Å². The molecule has 0 spiro atoms. The fourth-order valence-corrected chi connectivity index (χ4v) is 16.9. The van der Waals surface area contributed by atoms with Crippen LogP contribution < -0.4 is 0 Å². The quantitative estimate of drug-likeness (QED) is 0.129. The molecule has 0 saturated carbocycles. The molecule has 0 unspecified atom stereocenters. The summed E-state index contributed by atoms with van der Waals surface area (Å²) >= 11 is 0. The molecule has 16 aromatic carbocycles. The second-order valence-corrected chi connectivity index (χ2v) is 28.1. The van der Waals surface area contributed by atoms with Crippen LogP contribution in [0.5, 0.6) is 0 Å². The van der Waals surface area contributed by atoms with E-state index in [1.165, 1.54) is 65.5 Å². The van der Waals surface area contributed by atoms with Crippen molar-refractivity contribution in [2.45, 2.75) is 0 Å². The lowest BCUT2D eigenvalue weighted by atomic mass is 9.98. The summed E-state index contributed by atoms with van der Waals surface area (Å²) in [7, 11) is 0. The molecule has 0 aliphatic heterocycles. The molecule has 0 aliphatic carbocycles. The summed E-state index contributed by atoms with van der Waals surface area (Å²) in [5.74, 6) is 1.34. The molecule has 0 bridgehead atoms. The number of fused-ring (bicyclic) bond motifs is 14. The number of hydrogen-bond donors (Lipinski definition) is 0. The monoisotopic (exact) mass is 1370 g/mol. The Labute approximate surface area is 620 Å². The molecule has 8 nitrogen and oxygen atoms in total. The SMILES string of the molecule is c1ccc(-c2nc(-c3cccc(-n4c5ccc(-c6ccc7c(c6)c6ccccc6n7-c6ccccc6)cc5c5ccc(-c6ccc(-c7nc(-c8ccc(-n9c%10ccccc%10c%10cc(-c%11ccc%12c(c%11)c%11ccccc%11n%12-c%11ccccc%11)ccc%109)cc8)nc8ccccc78)cc6)cc54)c3)nc3ccccc23)cc1. The third-order valence-corrected chi connectivity index (χ3v) is 22.0. The van der Waals surface area contributed by atoms with Crippen molar-refractivity contribution in [1.29, 1.82) is 0 Å². The van der Waals surface area contributed by atoms with Gasteiger partial charge in [-0.25, -0.2) is 19.9 Å². The molecular weight excluding hydrogens is 1310 g/mol. The van der Waals surface area contributed by atoms with Gasteiger partial charge < -0.3 is 18.3 Å². The van der Waals surface area contributed by atoms with Crippen molar-refractivity contribution in [2.75, 3.05) is 0 Å². The molecule has 0 fully saturated rings. The normalized spacial score (nSPS) is 11.9. The third kappa shape index (κ3) is 9.85. The zero-order valence-electron chi connectivity index (χ0n) is 58.4. The van der Waals surface area contributed by atoms with E-state index in [9.17, 15) is 0 Å². The van der Waals surface area contributed by atoms with Crippen LogP contribution in [0.1, 0.15) is 0 Å². The highest BCUT2D eigenvalue weighted by atomic mass is 15.0. The van der Waals surface area contributed by atoms with E-state index in [0.29, 0.717) is 11.6 Å². The van der Waals surface area contributed by atoms with Gasteiger partial charge in [0.2, 0.25) is 0 Å². The molecule has 0 saturated heterocycles. The van der Waals surface area contributed by atoms with Crippen LogP contribution in [-0.4, -0.2) is 38.2 Å². The lowest BCUT2D eigenvalue weighted by Gasteiger charge is -2.13. The molecule has 8 heteroatoms. The van der Waals surface area contributed by atoms with Crippen molar-refractivity contribution >= 4 is 109 Å². The summed E-state index contributed by atoms with van der Waals surface area (Å²) in [6.07, 6.45) is 0. The van der Waals surface area contributed by atoms with Gasteiger partial charge in [0, 0.05) is 98.9 Å². The fourth-order valence-electron chi connectivity index (χ4n) is 16.9. The Balaban J connectivity index is 0.620. The molecule has 6 heterocycles. The predicted molar refractivity (Wildman–Crippen MR) is 448 cm³/mol. The molecule has 22 rings (SSSR count). The number of para-hydroxylation sites is 7. The first kappa shape index (κ1) is 60.9. The average molecular weight is 1380 g/mol. The smallest absolute Gasteiger partial charge is 0.160 e. The van der Waals surface area contributed by atoms with E-state index in [4.69, 9.17) is 19.9 Å². The van der Waals surface area contributed by atoms with E-state index in [2.05, 4.69) is 382 Å². The third-order valence-electron chi connectivity index (χ3n) is 22.0. The molecule has 0 radical (unpaired) electrons. The maximum atomic E-state index is 5.44. The summed E-state index contributed by atoms with van der Waals surface area (Å²) in [5.41, 5.74) is 27.9. The standard InChI is InChI=1S/C100H62N8/c1-4-21-64(22-5-1)97-81-32-10-16-35-88(81)102-100(104-97)72-23-20-28-76(57-72)108-95-56-49-70(69-47-54-93-84(59-69)78-30-13-18-37-90(78)106(93)74-26-8-3-9-27-74)61-86(95)80-52-45-71(62-96(80)108)63-39-41-65(42-40-63)98-82-33-11-15-34-87(82)101-99(103-98)66-43-50-75(51-44-66)107-91-38-19-14-31-79(91)85-60-68(48-55-94(85)107)67-46-53-92-83(58-67)77-29-12-17-36-89(77)105(92)73-24-6-2-7-25-73/h1-62H. The molecular formula is C100H62N8. The molecule has 6 aromatic heterocycles. The zero-order chi connectivity index (χ0) is 70.9. The van der Waals surface area contributed by atoms with E-state index >= 15 is 0 Å². The Morgan fingerprint density at radius 3 is 0.926 bits per heavy atom. The minimum Gasteiger partial charge on any atom is -0.309 e. The number of rotatable bonds is 11. The second kappa shape index (κ2) is 24.5. The van der Waals surface area contributed by atoms with Gasteiger partial charge in [0.1, 0.15) is 0 Å². The van der Waals surface area contributed by atoms with E-state index in [0.717, 1.165) is 133 Å². The van der Waals surface area contributed by atoms with Crippen molar-refractivity contribution in [3.8, 4) is 101 Å².